The first-order chi connectivity index (χ1) is 9.36. The number of likely N-dealkylation sites (N-methyl/N-ethyl adjacent to an activating group) is 1. The summed E-state index contributed by atoms with van der Waals surface area (Å²) in [5.41, 5.74) is 0. The van der Waals surface area contributed by atoms with Crippen molar-refractivity contribution in [3.05, 3.63) is 0 Å². The molecule has 0 fully saturated rings. The Morgan fingerprint density at radius 1 is 0.900 bits per heavy atom. The molecule has 0 aliphatic heterocycles. The van der Waals surface area contributed by atoms with Crippen LogP contribution in [0, 0.1) is 0 Å². The Balaban J connectivity index is 4.56. The summed E-state index contributed by atoms with van der Waals surface area (Å²) in [6, 6.07) is 0. The lowest BCUT2D eigenvalue weighted by Crippen LogP contribution is -2.23. The predicted octanol–water partition coefficient (Wildman–Crippen LogP) is -0.184. The Bertz CT molecular complexity index is 350. The lowest BCUT2D eigenvalue weighted by atomic mass is 10.7. The molecule has 0 aliphatic rings. The molecule has 3 N–H and O–H groups in total. The second-order valence-corrected chi connectivity index (χ2v) is 10.7. The van der Waals surface area contributed by atoms with Crippen molar-refractivity contribution < 1.29 is 23.5 Å². The van der Waals surface area contributed by atoms with Gasteiger partial charge in [-0.05, 0) is 22.8 Å². The van der Waals surface area contributed by atoms with Gasteiger partial charge in [0.2, 0.25) is 17.7 Å². The fourth-order valence-corrected chi connectivity index (χ4v) is 6.34. The molecule has 0 saturated heterocycles. The third-order valence-electron chi connectivity index (χ3n) is 1.90. The molecule has 0 spiro atoms. The zero-order valence-electron chi connectivity index (χ0n) is 11.4. The Morgan fingerprint density at radius 2 is 1.30 bits per heavy atom. The Hall–Kier alpha value is -0.700. The molecule has 0 heterocycles. The Kier molecular flexibility index (Phi) is 9.74. The van der Waals surface area contributed by atoms with E-state index in [2.05, 4.69) is 16.0 Å². The third kappa shape index (κ3) is 8.47. The molecular weight excluding hydrogens is 325 g/mol. The summed E-state index contributed by atoms with van der Waals surface area (Å²) in [5.74, 6) is -4.61. The normalized spacial score (nSPS) is 10.8. The fraction of sp³-hybridized carbons (Fsp3) is 0.667. The van der Waals surface area contributed by atoms with Gasteiger partial charge in [-0.3, -0.25) is 18.9 Å². The van der Waals surface area contributed by atoms with Crippen LogP contribution < -0.4 is 16.0 Å². The van der Waals surface area contributed by atoms with E-state index in [1.54, 1.807) is 0 Å². The molecule has 11 heteroatoms. The van der Waals surface area contributed by atoms with Crippen LogP contribution in [0.4, 0.5) is 0 Å². The first-order valence-corrected chi connectivity index (χ1v) is 10.3. The van der Waals surface area contributed by atoms with Gasteiger partial charge in [-0.15, -0.1) is 0 Å². The summed E-state index contributed by atoms with van der Waals surface area (Å²) in [6.45, 7) is -0.394. The molecule has 0 aliphatic carbocycles. The zero-order chi connectivity index (χ0) is 15.6. The molecule has 0 radical (unpaired) electrons. The highest BCUT2D eigenvalue weighted by atomic mass is 33.1. The van der Waals surface area contributed by atoms with Gasteiger partial charge in [0.1, 0.15) is 6.61 Å². The number of carbonyl (C=O) groups is 3. The lowest BCUT2D eigenvalue weighted by molar-refractivity contribution is -0.122. The van der Waals surface area contributed by atoms with E-state index in [1.807, 2.05) is 0 Å². The molecule has 0 bridgehead atoms. The maximum Gasteiger partial charge on any atom is 0.314 e. The van der Waals surface area contributed by atoms with Crippen LogP contribution in [-0.4, -0.2) is 57.0 Å². The molecular formula is C9H18N3O5PS2. The van der Waals surface area contributed by atoms with Crippen molar-refractivity contribution in [2.75, 3.05) is 39.3 Å². The molecule has 0 saturated carbocycles. The molecule has 0 aromatic heterocycles. The van der Waals surface area contributed by atoms with E-state index < -0.39 is 18.3 Å². The van der Waals surface area contributed by atoms with Crippen molar-refractivity contribution >= 4 is 46.3 Å². The molecule has 3 amide bonds. The summed E-state index contributed by atoms with van der Waals surface area (Å²) in [7, 11) is 4.33. The molecule has 8 nitrogen and oxygen atoms in total. The smallest absolute Gasteiger partial charge is 0.314 e. The van der Waals surface area contributed by atoms with Gasteiger partial charge in [-0.25, -0.2) is 0 Å². The minimum atomic E-state index is -3.37. The topological polar surface area (TPSA) is 114 Å². The lowest BCUT2D eigenvalue weighted by Gasteiger charge is -2.16. The van der Waals surface area contributed by atoms with Crippen molar-refractivity contribution in [2.45, 2.75) is 0 Å². The van der Waals surface area contributed by atoms with Crippen LogP contribution in [0.3, 0.4) is 0 Å². The van der Waals surface area contributed by atoms with Crippen molar-refractivity contribution in [2.24, 2.45) is 0 Å². The molecule has 0 aromatic carbocycles. The summed E-state index contributed by atoms with van der Waals surface area (Å²) < 4.78 is 17.5. The SMILES string of the molecule is CNC(=O)COP(=O)(SCC(=O)NC)SCC(=O)NC. The van der Waals surface area contributed by atoms with Crippen LogP contribution in [0.5, 0.6) is 0 Å². The highest BCUT2D eigenvalue weighted by Crippen LogP contribution is 2.69. The van der Waals surface area contributed by atoms with Crippen LogP contribution >= 0.6 is 28.5 Å². The van der Waals surface area contributed by atoms with Crippen molar-refractivity contribution in [1.29, 1.82) is 0 Å². The van der Waals surface area contributed by atoms with Gasteiger partial charge in [0.05, 0.1) is 11.5 Å². The number of hydrogen-bond acceptors (Lipinski definition) is 7. The monoisotopic (exact) mass is 343 g/mol. The number of hydrogen-bond donors (Lipinski definition) is 3. The predicted molar refractivity (Wildman–Crippen MR) is 80.7 cm³/mol. The largest absolute Gasteiger partial charge is 0.358 e. The van der Waals surface area contributed by atoms with Gasteiger partial charge in [0.15, 0.2) is 0 Å². The number of rotatable bonds is 9. The van der Waals surface area contributed by atoms with Gasteiger partial charge in [-0.2, -0.15) is 0 Å². The fourth-order valence-electron chi connectivity index (χ4n) is 0.741. The second kappa shape index (κ2) is 10.1. The van der Waals surface area contributed by atoms with Gasteiger partial charge < -0.3 is 20.5 Å². The minimum absolute atomic E-state index is 0.0811. The van der Waals surface area contributed by atoms with E-state index in [4.69, 9.17) is 4.52 Å². The third-order valence-corrected chi connectivity index (χ3v) is 8.96. The molecule has 0 rings (SSSR count). The first kappa shape index (κ1) is 19.3. The number of nitrogens with one attached hydrogen (secondary N) is 3. The van der Waals surface area contributed by atoms with E-state index in [-0.39, 0.29) is 23.3 Å². The Labute approximate surface area is 125 Å². The van der Waals surface area contributed by atoms with Crippen LogP contribution in [0.2, 0.25) is 0 Å². The van der Waals surface area contributed by atoms with Gasteiger partial charge in [0, 0.05) is 21.1 Å². The van der Waals surface area contributed by atoms with Crippen LogP contribution in [0.1, 0.15) is 0 Å². The molecule has 0 atom stereocenters. The second-order valence-electron chi connectivity index (χ2n) is 3.29. The average Bonchev–Trinajstić information content (AvgIpc) is 2.47. The van der Waals surface area contributed by atoms with Gasteiger partial charge >= 0.3 is 5.77 Å². The van der Waals surface area contributed by atoms with Crippen molar-refractivity contribution in [1.82, 2.24) is 16.0 Å². The molecule has 0 aromatic rings. The quantitative estimate of drug-likeness (QED) is 0.498. The van der Waals surface area contributed by atoms with E-state index in [0.29, 0.717) is 0 Å². The van der Waals surface area contributed by atoms with Crippen molar-refractivity contribution in [3.8, 4) is 0 Å². The van der Waals surface area contributed by atoms with Crippen molar-refractivity contribution in [3.63, 3.8) is 0 Å². The highest BCUT2D eigenvalue weighted by molar-refractivity contribution is 8.89. The molecule has 116 valence electrons. The van der Waals surface area contributed by atoms with Crippen LogP contribution in [0.25, 0.3) is 0 Å². The van der Waals surface area contributed by atoms with E-state index in [9.17, 15) is 18.9 Å². The van der Waals surface area contributed by atoms with E-state index in [0.717, 1.165) is 22.8 Å². The molecule has 0 unspecified atom stereocenters. The van der Waals surface area contributed by atoms with Gasteiger partial charge in [-0.1, -0.05) is 0 Å². The highest BCUT2D eigenvalue weighted by Gasteiger charge is 2.28. The molecule has 20 heavy (non-hydrogen) atoms. The van der Waals surface area contributed by atoms with Crippen LogP contribution in [-0.2, 0) is 23.5 Å². The summed E-state index contributed by atoms with van der Waals surface area (Å²) in [5, 5.41) is 7.10. The number of carbonyl (C=O) groups excluding carboxylic acids is 3. The van der Waals surface area contributed by atoms with Crippen LogP contribution in [0.15, 0.2) is 0 Å². The first-order valence-electron chi connectivity index (χ1n) is 5.52. The van der Waals surface area contributed by atoms with E-state index in [1.165, 1.54) is 21.1 Å². The minimum Gasteiger partial charge on any atom is -0.358 e. The summed E-state index contributed by atoms with van der Waals surface area (Å²) in [6.07, 6.45) is 0. The number of amides is 3. The average molecular weight is 343 g/mol. The standard InChI is InChI=1S/C9H18N3O5PS2/c1-10-7(13)4-17-18(16,19-5-8(14)11-2)20-6-9(15)12-3/h4-6H2,1-3H3,(H,10,13)(H,11,14)(H,12,15). The Morgan fingerprint density at radius 3 is 1.65 bits per heavy atom. The summed E-state index contributed by atoms with van der Waals surface area (Å²) in [4.78, 5) is 33.5. The maximum atomic E-state index is 12.4. The zero-order valence-corrected chi connectivity index (χ0v) is 14.0. The van der Waals surface area contributed by atoms with E-state index >= 15 is 0 Å². The summed E-state index contributed by atoms with van der Waals surface area (Å²) >= 11 is 1.57. The maximum absolute atomic E-state index is 12.4. The van der Waals surface area contributed by atoms with Gasteiger partial charge in [0.25, 0.3) is 0 Å².